The molecule has 10 atom stereocenters. The maximum Gasteiger partial charge on any atom is 0.312 e. The molecule has 5 rings (SSSR count). The number of carbonyl (C=O) groups is 1. The minimum Gasteiger partial charge on any atom is -0.481 e. The predicted octanol–water partition coefficient (Wildman–Crippen LogP) is 6.20. The van der Waals surface area contributed by atoms with E-state index in [2.05, 4.69) is 40.7 Å². The molecule has 192 valence electrons. The van der Waals surface area contributed by atoms with Gasteiger partial charge < -0.3 is 15.3 Å². The molecular formula is C30H48O4. The monoisotopic (exact) mass is 472 g/mol. The molecule has 0 spiro atoms. The first-order chi connectivity index (χ1) is 15.7. The fraction of sp³-hybridized carbons (Fsp3) is 0.900. The number of rotatable bonds is 1. The summed E-state index contributed by atoms with van der Waals surface area (Å²) >= 11 is 0. The van der Waals surface area contributed by atoms with Crippen molar-refractivity contribution in [3.8, 4) is 0 Å². The zero-order chi connectivity index (χ0) is 24.9. The number of allylic oxidation sites excluding steroid dienone is 2. The van der Waals surface area contributed by atoms with Crippen LogP contribution in [0.4, 0.5) is 0 Å². The average molecular weight is 473 g/mol. The van der Waals surface area contributed by atoms with E-state index in [9.17, 15) is 20.1 Å². The predicted molar refractivity (Wildman–Crippen MR) is 134 cm³/mol. The van der Waals surface area contributed by atoms with Gasteiger partial charge in [0, 0.05) is 0 Å². The summed E-state index contributed by atoms with van der Waals surface area (Å²) in [5.41, 5.74) is 0.837. The zero-order valence-corrected chi connectivity index (χ0v) is 22.4. The Labute approximate surface area is 206 Å². The first kappa shape index (κ1) is 24.8. The van der Waals surface area contributed by atoms with Gasteiger partial charge in [0.25, 0.3) is 0 Å². The van der Waals surface area contributed by atoms with Crippen LogP contribution in [0.5, 0.6) is 0 Å². The van der Waals surface area contributed by atoms with E-state index in [1.807, 2.05) is 6.92 Å². The molecule has 0 bridgehead atoms. The van der Waals surface area contributed by atoms with Crippen molar-refractivity contribution in [3.63, 3.8) is 0 Å². The molecule has 5 aliphatic rings. The third-order valence-corrected chi connectivity index (χ3v) is 12.9. The minimum absolute atomic E-state index is 0.0185. The first-order valence-electron chi connectivity index (χ1n) is 14.0. The number of fused-ring (bicyclic) bond motifs is 6. The average Bonchev–Trinajstić information content (AvgIpc) is 2.91. The van der Waals surface area contributed by atoms with Gasteiger partial charge in [-0.2, -0.15) is 0 Å². The number of aliphatic hydroxyl groups excluding tert-OH is 2. The third-order valence-electron chi connectivity index (χ3n) is 12.9. The molecule has 0 aliphatic heterocycles. The number of carboxylic acid groups (broad SMARTS) is 1. The van der Waals surface area contributed by atoms with Crippen molar-refractivity contribution in [1.82, 2.24) is 0 Å². The summed E-state index contributed by atoms with van der Waals surface area (Å²) in [5, 5.41) is 32.0. The Morgan fingerprint density at radius 1 is 0.765 bits per heavy atom. The molecule has 4 fully saturated rings. The highest BCUT2D eigenvalue weighted by molar-refractivity contribution is 5.76. The molecule has 34 heavy (non-hydrogen) atoms. The van der Waals surface area contributed by atoms with Crippen LogP contribution in [0, 0.1) is 50.7 Å². The summed E-state index contributed by atoms with van der Waals surface area (Å²) in [6.45, 7) is 13.7. The van der Waals surface area contributed by atoms with Crippen molar-refractivity contribution < 1.29 is 20.1 Å². The number of hydrogen-bond acceptors (Lipinski definition) is 3. The van der Waals surface area contributed by atoms with Crippen molar-refractivity contribution in [3.05, 3.63) is 11.6 Å². The van der Waals surface area contributed by atoms with Gasteiger partial charge in [0.1, 0.15) is 0 Å². The van der Waals surface area contributed by atoms with Crippen molar-refractivity contribution in [2.24, 2.45) is 50.7 Å². The molecular weight excluding hydrogens is 424 g/mol. The van der Waals surface area contributed by atoms with Gasteiger partial charge in [-0.25, -0.2) is 0 Å². The largest absolute Gasteiger partial charge is 0.481 e. The lowest BCUT2D eigenvalue weighted by Crippen LogP contribution is -2.61. The van der Waals surface area contributed by atoms with Crippen LogP contribution in [-0.4, -0.2) is 33.5 Å². The fourth-order valence-corrected chi connectivity index (χ4v) is 10.9. The molecule has 5 aliphatic carbocycles. The van der Waals surface area contributed by atoms with Crippen molar-refractivity contribution in [2.75, 3.05) is 0 Å². The summed E-state index contributed by atoms with van der Waals surface area (Å²) in [6, 6.07) is 0. The highest BCUT2D eigenvalue weighted by Gasteiger charge is 2.65. The summed E-state index contributed by atoms with van der Waals surface area (Å²) in [5.74, 6) is 0.764. The SMILES string of the molecule is CC12C=C3CCC4C(C)(C)C(O)CCC4(C)C3CCC1C1(C)CCC(O)C(C)(C(=O)O)C1CC2. The van der Waals surface area contributed by atoms with Gasteiger partial charge in [0.2, 0.25) is 0 Å². The van der Waals surface area contributed by atoms with Crippen LogP contribution in [0.15, 0.2) is 11.6 Å². The molecule has 0 heterocycles. The Hall–Kier alpha value is -0.870. The quantitative estimate of drug-likeness (QED) is 0.397. The van der Waals surface area contributed by atoms with Gasteiger partial charge in [-0.1, -0.05) is 46.3 Å². The standard InChI is InChI=1S/C30H48O4/c1-26(2)20-9-7-18-17-27(3)14-11-22-29(5,16-13-24(32)30(22,6)25(33)34)21(27)10-8-19(18)28(20,4)15-12-23(26)31/h17,19-24,31-32H,7-16H2,1-6H3,(H,33,34). The number of aliphatic carboxylic acids is 1. The van der Waals surface area contributed by atoms with Crippen molar-refractivity contribution in [1.29, 1.82) is 0 Å². The van der Waals surface area contributed by atoms with Crippen LogP contribution >= 0.6 is 0 Å². The molecule has 0 radical (unpaired) electrons. The molecule has 0 amide bonds. The molecule has 4 nitrogen and oxygen atoms in total. The summed E-state index contributed by atoms with van der Waals surface area (Å²) < 4.78 is 0. The van der Waals surface area contributed by atoms with Gasteiger partial charge in [0.15, 0.2) is 0 Å². The van der Waals surface area contributed by atoms with E-state index in [1.54, 1.807) is 5.57 Å². The zero-order valence-electron chi connectivity index (χ0n) is 22.4. The molecule has 10 unspecified atom stereocenters. The van der Waals surface area contributed by atoms with E-state index in [-0.39, 0.29) is 33.7 Å². The lowest BCUT2D eigenvalue weighted by molar-refractivity contribution is -0.196. The normalized spacial score (nSPS) is 54.4. The van der Waals surface area contributed by atoms with Crippen LogP contribution < -0.4 is 0 Å². The van der Waals surface area contributed by atoms with Crippen molar-refractivity contribution in [2.45, 2.75) is 118 Å². The van der Waals surface area contributed by atoms with Crippen LogP contribution in [0.2, 0.25) is 0 Å². The van der Waals surface area contributed by atoms with Gasteiger partial charge >= 0.3 is 5.97 Å². The highest BCUT2D eigenvalue weighted by Crippen LogP contribution is 2.69. The van der Waals surface area contributed by atoms with E-state index < -0.39 is 17.5 Å². The lowest BCUT2D eigenvalue weighted by atomic mass is 9.42. The number of hydrogen-bond donors (Lipinski definition) is 3. The van der Waals surface area contributed by atoms with Gasteiger partial charge in [0.05, 0.1) is 17.6 Å². The van der Waals surface area contributed by atoms with E-state index in [1.165, 1.54) is 12.8 Å². The Morgan fingerprint density at radius 3 is 2.09 bits per heavy atom. The number of carboxylic acids is 1. The Balaban J connectivity index is 1.52. The van der Waals surface area contributed by atoms with E-state index in [0.717, 1.165) is 44.9 Å². The van der Waals surface area contributed by atoms with Gasteiger partial charge in [-0.3, -0.25) is 4.79 Å². The molecule has 0 aromatic carbocycles. The molecule has 4 heteroatoms. The molecule has 0 aromatic heterocycles. The first-order valence-corrected chi connectivity index (χ1v) is 14.0. The fourth-order valence-electron chi connectivity index (χ4n) is 10.9. The van der Waals surface area contributed by atoms with Crippen LogP contribution in [-0.2, 0) is 4.79 Å². The maximum atomic E-state index is 12.5. The van der Waals surface area contributed by atoms with Gasteiger partial charge in [-0.15, -0.1) is 0 Å². The smallest absolute Gasteiger partial charge is 0.312 e. The van der Waals surface area contributed by atoms with E-state index >= 15 is 0 Å². The summed E-state index contributed by atoms with van der Waals surface area (Å²) in [4.78, 5) is 12.5. The molecule has 0 aromatic rings. The van der Waals surface area contributed by atoms with Gasteiger partial charge in [-0.05, 0) is 116 Å². The second-order valence-corrected chi connectivity index (χ2v) is 14.6. The van der Waals surface area contributed by atoms with E-state index in [4.69, 9.17) is 0 Å². The maximum absolute atomic E-state index is 12.5. The Kier molecular flexibility index (Phi) is 5.52. The van der Waals surface area contributed by atoms with Crippen molar-refractivity contribution >= 4 is 5.97 Å². The second kappa shape index (κ2) is 7.57. The molecule has 4 saturated carbocycles. The summed E-state index contributed by atoms with van der Waals surface area (Å²) in [7, 11) is 0. The second-order valence-electron chi connectivity index (χ2n) is 14.6. The number of aliphatic hydroxyl groups is 2. The highest BCUT2D eigenvalue weighted by atomic mass is 16.4. The summed E-state index contributed by atoms with van der Waals surface area (Å²) in [6.07, 6.45) is 11.8. The van der Waals surface area contributed by atoms with Crippen LogP contribution in [0.3, 0.4) is 0 Å². The topological polar surface area (TPSA) is 77.8 Å². The molecule has 3 N–H and O–H groups in total. The van der Waals surface area contributed by atoms with E-state index in [0.29, 0.717) is 24.2 Å². The Morgan fingerprint density at radius 2 is 1.41 bits per heavy atom. The minimum atomic E-state index is -1.05. The molecule has 0 saturated heterocycles. The third kappa shape index (κ3) is 3.06. The van der Waals surface area contributed by atoms with Crippen LogP contribution in [0.1, 0.15) is 106 Å². The lowest BCUT2D eigenvalue weighted by Gasteiger charge is -2.62. The Bertz CT molecular complexity index is 892. The van der Waals surface area contributed by atoms with Crippen LogP contribution in [0.25, 0.3) is 0 Å².